The van der Waals surface area contributed by atoms with Crippen LogP contribution in [0.15, 0.2) is 30.5 Å². The first-order valence-electron chi connectivity index (χ1n) is 5.81. The molecule has 0 saturated heterocycles. The van der Waals surface area contributed by atoms with Gasteiger partial charge in [0.2, 0.25) is 0 Å². The summed E-state index contributed by atoms with van der Waals surface area (Å²) in [6, 6.07) is 8.04. The Labute approximate surface area is 106 Å². The Morgan fingerprint density at radius 2 is 2.18 bits per heavy atom. The molecule has 0 atom stereocenters. The van der Waals surface area contributed by atoms with E-state index in [1.165, 1.54) is 0 Å². The van der Waals surface area contributed by atoms with Crippen LogP contribution in [0.4, 0.5) is 0 Å². The number of hydrogen-bond acceptors (Lipinski definition) is 2. The van der Waals surface area contributed by atoms with Gasteiger partial charge in [-0.3, -0.25) is 5.32 Å². The minimum Gasteiger partial charge on any atom is -0.392 e. The van der Waals surface area contributed by atoms with Gasteiger partial charge in [0.25, 0.3) is 0 Å². The zero-order valence-corrected chi connectivity index (χ0v) is 10.5. The van der Waals surface area contributed by atoms with Gasteiger partial charge in [-0.2, -0.15) is 0 Å². The molecule has 0 aliphatic carbocycles. The van der Waals surface area contributed by atoms with E-state index in [1.54, 1.807) is 0 Å². The molecule has 0 amide bonds. The van der Waals surface area contributed by atoms with Gasteiger partial charge in [-0.05, 0) is 30.7 Å². The average molecular weight is 253 g/mol. The number of rotatable bonds is 6. The average Bonchev–Trinajstić information content (AvgIpc) is 2.78. The number of aromatic nitrogens is 1. The molecule has 1 heterocycles. The molecule has 0 bridgehead atoms. The topological polar surface area (TPSA) is 37.2 Å². The summed E-state index contributed by atoms with van der Waals surface area (Å²) in [5.74, 6) is 0.689. The van der Waals surface area contributed by atoms with Crippen LogP contribution in [-0.4, -0.2) is 22.1 Å². The lowest BCUT2D eigenvalue weighted by molar-refractivity contribution is 0.283. The third-order valence-electron chi connectivity index (χ3n) is 2.84. The molecule has 17 heavy (non-hydrogen) atoms. The highest BCUT2D eigenvalue weighted by molar-refractivity contribution is 6.17. The van der Waals surface area contributed by atoms with Crippen molar-refractivity contribution in [2.75, 3.05) is 12.4 Å². The summed E-state index contributed by atoms with van der Waals surface area (Å²) in [7, 11) is 0. The molecule has 0 aliphatic heterocycles. The van der Waals surface area contributed by atoms with E-state index in [2.05, 4.69) is 16.0 Å². The summed E-state index contributed by atoms with van der Waals surface area (Å²) < 4.78 is 2.14. The normalized spacial score (nSPS) is 11.2. The third-order valence-corrected chi connectivity index (χ3v) is 3.11. The number of hydrogen-bond donors (Lipinski definition) is 2. The minimum atomic E-state index is 0.0844. The van der Waals surface area contributed by atoms with Crippen molar-refractivity contribution in [3.63, 3.8) is 0 Å². The number of benzene rings is 1. The number of aliphatic hydroxyl groups is 1. The van der Waals surface area contributed by atoms with Gasteiger partial charge in [0.1, 0.15) is 0 Å². The molecule has 2 aromatic rings. The zero-order valence-electron chi connectivity index (χ0n) is 9.69. The Bertz CT molecular complexity index is 481. The van der Waals surface area contributed by atoms with Gasteiger partial charge in [-0.1, -0.05) is 12.1 Å². The first kappa shape index (κ1) is 12.4. The summed E-state index contributed by atoms with van der Waals surface area (Å²) in [6.07, 6.45) is 3.01. The molecule has 0 fully saturated rings. The van der Waals surface area contributed by atoms with E-state index in [0.29, 0.717) is 5.88 Å². The predicted molar refractivity (Wildman–Crippen MR) is 71.2 cm³/mol. The molecule has 4 heteroatoms. The lowest BCUT2D eigenvalue weighted by Crippen LogP contribution is -2.19. The van der Waals surface area contributed by atoms with E-state index in [4.69, 9.17) is 11.6 Å². The molecular weight excluding hydrogens is 236 g/mol. The van der Waals surface area contributed by atoms with Gasteiger partial charge in [0.15, 0.2) is 0 Å². The molecule has 0 aliphatic rings. The van der Waals surface area contributed by atoms with Crippen molar-refractivity contribution in [1.82, 2.24) is 9.88 Å². The van der Waals surface area contributed by atoms with Gasteiger partial charge in [-0.15, -0.1) is 11.6 Å². The first-order chi connectivity index (χ1) is 8.36. The Balaban J connectivity index is 2.13. The number of nitrogens with zero attached hydrogens (tertiary/aromatic N) is 1. The second kappa shape index (κ2) is 6.05. The predicted octanol–water partition coefficient (Wildman–Crippen LogP) is 2.31. The van der Waals surface area contributed by atoms with Crippen LogP contribution in [0.25, 0.3) is 10.9 Å². The molecule has 2 rings (SSSR count). The monoisotopic (exact) mass is 252 g/mol. The highest BCUT2D eigenvalue weighted by Crippen LogP contribution is 2.19. The van der Waals surface area contributed by atoms with Crippen molar-refractivity contribution in [2.24, 2.45) is 0 Å². The summed E-state index contributed by atoms with van der Waals surface area (Å²) in [4.78, 5) is 0. The molecule has 92 valence electrons. The number of halogens is 1. The van der Waals surface area contributed by atoms with E-state index in [1.807, 2.05) is 24.4 Å². The van der Waals surface area contributed by atoms with Crippen molar-refractivity contribution in [1.29, 1.82) is 0 Å². The van der Waals surface area contributed by atoms with Crippen molar-refractivity contribution in [3.05, 3.63) is 36.0 Å². The van der Waals surface area contributed by atoms with Gasteiger partial charge in [-0.25, -0.2) is 0 Å². The molecule has 0 saturated carbocycles. The van der Waals surface area contributed by atoms with E-state index >= 15 is 0 Å². The fourth-order valence-corrected chi connectivity index (χ4v) is 2.09. The van der Waals surface area contributed by atoms with E-state index in [0.717, 1.165) is 36.1 Å². The Hall–Kier alpha value is -1.03. The van der Waals surface area contributed by atoms with Gasteiger partial charge in [0, 0.05) is 23.0 Å². The van der Waals surface area contributed by atoms with E-state index < -0.39 is 0 Å². The fourth-order valence-electron chi connectivity index (χ4n) is 1.95. The molecule has 1 aromatic carbocycles. The maximum Gasteiger partial charge on any atom is 0.0726 e. The molecule has 3 nitrogen and oxygen atoms in total. The highest BCUT2D eigenvalue weighted by atomic mass is 35.5. The number of fused-ring (bicyclic) bond motifs is 1. The smallest absolute Gasteiger partial charge is 0.0726 e. The maximum atomic E-state index is 9.25. The van der Waals surface area contributed by atoms with Gasteiger partial charge < -0.3 is 9.67 Å². The maximum absolute atomic E-state index is 9.25. The summed E-state index contributed by atoms with van der Waals surface area (Å²) in [5, 5.41) is 13.7. The largest absolute Gasteiger partial charge is 0.392 e. The van der Waals surface area contributed by atoms with E-state index in [9.17, 15) is 5.11 Å². The SMILES string of the molecule is OCc1cccc2c1ccn2CNCCCCl. The standard InChI is InChI=1S/C13H17ClN2O/c14-6-2-7-15-10-16-8-5-12-11(9-17)3-1-4-13(12)16/h1,3-5,8,15,17H,2,6-7,9-10H2. The van der Waals surface area contributed by atoms with Crippen molar-refractivity contribution in [2.45, 2.75) is 19.7 Å². The minimum absolute atomic E-state index is 0.0844. The molecule has 0 spiro atoms. The van der Waals surface area contributed by atoms with E-state index in [-0.39, 0.29) is 6.61 Å². The third kappa shape index (κ3) is 2.80. The van der Waals surface area contributed by atoms with Crippen molar-refractivity contribution >= 4 is 22.5 Å². The summed E-state index contributed by atoms with van der Waals surface area (Å²) >= 11 is 5.62. The number of alkyl halides is 1. The molecular formula is C13H17ClN2O. The van der Waals surface area contributed by atoms with Crippen molar-refractivity contribution in [3.8, 4) is 0 Å². The van der Waals surface area contributed by atoms with Gasteiger partial charge in [0.05, 0.1) is 13.3 Å². The summed E-state index contributed by atoms with van der Waals surface area (Å²) in [5.41, 5.74) is 2.12. The second-order valence-corrected chi connectivity index (χ2v) is 4.37. The molecule has 0 radical (unpaired) electrons. The second-order valence-electron chi connectivity index (χ2n) is 3.99. The summed E-state index contributed by atoms with van der Waals surface area (Å²) in [6.45, 7) is 1.78. The van der Waals surface area contributed by atoms with Crippen LogP contribution in [-0.2, 0) is 13.3 Å². The first-order valence-corrected chi connectivity index (χ1v) is 6.34. The zero-order chi connectivity index (χ0) is 12.1. The van der Waals surface area contributed by atoms with Gasteiger partial charge >= 0.3 is 0 Å². The Morgan fingerprint density at radius 1 is 1.29 bits per heavy atom. The lowest BCUT2D eigenvalue weighted by atomic mass is 10.1. The molecule has 0 unspecified atom stereocenters. The molecule has 2 N–H and O–H groups in total. The number of aliphatic hydroxyl groups excluding tert-OH is 1. The Morgan fingerprint density at radius 3 is 2.94 bits per heavy atom. The Kier molecular flexibility index (Phi) is 4.42. The van der Waals surface area contributed by atoms with Crippen LogP contribution in [0.3, 0.4) is 0 Å². The molecule has 1 aromatic heterocycles. The van der Waals surface area contributed by atoms with Crippen LogP contribution < -0.4 is 5.32 Å². The fraction of sp³-hybridized carbons (Fsp3) is 0.385. The van der Waals surface area contributed by atoms with Crippen LogP contribution in [0, 0.1) is 0 Å². The van der Waals surface area contributed by atoms with Crippen LogP contribution >= 0.6 is 11.6 Å². The van der Waals surface area contributed by atoms with Crippen LogP contribution in [0.2, 0.25) is 0 Å². The van der Waals surface area contributed by atoms with Crippen LogP contribution in [0.5, 0.6) is 0 Å². The number of nitrogens with one attached hydrogen (secondary N) is 1. The van der Waals surface area contributed by atoms with Crippen LogP contribution in [0.1, 0.15) is 12.0 Å². The lowest BCUT2D eigenvalue weighted by Gasteiger charge is -2.07. The quantitative estimate of drug-likeness (QED) is 0.612. The highest BCUT2D eigenvalue weighted by Gasteiger charge is 2.03. The van der Waals surface area contributed by atoms with Crippen molar-refractivity contribution < 1.29 is 5.11 Å².